The standard InChI is InChI=1S/C15H31NOSe.CH3NOSe.Zn/c1-3-5-7-9-11-13-16(15(17)18)14-12-10-8-6-4-2;2-1(3)4;/h3-14H2,1-2H3,(H,17,18);(H3,2,3,4);/q;;+2/p-2. The van der Waals surface area contributed by atoms with Crippen LogP contribution in [0.15, 0.2) is 0 Å². The molecule has 0 aliphatic carbocycles. The average Bonchev–Trinajstić information content (AvgIpc) is 2.43. The van der Waals surface area contributed by atoms with Gasteiger partial charge in [0.25, 0.3) is 0 Å². The van der Waals surface area contributed by atoms with E-state index in [-0.39, 0.29) is 24.3 Å². The number of primary amides is 1. The first-order chi connectivity index (χ1) is 10.5. The van der Waals surface area contributed by atoms with Crippen molar-refractivity contribution in [3.8, 4) is 0 Å². The molecule has 0 spiro atoms. The average molecular weight is 508 g/mol. The van der Waals surface area contributed by atoms with Crippen molar-refractivity contribution in [1.29, 1.82) is 0 Å². The van der Waals surface area contributed by atoms with Crippen LogP contribution in [-0.4, -0.2) is 59.6 Å². The van der Waals surface area contributed by atoms with Gasteiger partial charge in [0.2, 0.25) is 0 Å². The van der Waals surface area contributed by atoms with Gasteiger partial charge in [-0.05, 0) is 0 Å². The number of unbranched alkanes of at least 4 members (excludes halogenated alkanes) is 8. The van der Waals surface area contributed by atoms with Gasteiger partial charge in [-0.15, -0.1) is 0 Å². The number of carbonyl (C=O) groups excluding carboxylic acids is 2. The molecule has 0 bridgehead atoms. The van der Waals surface area contributed by atoms with Gasteiger partial charge >= 0.3 is 172 Å². The van der Waals surface area contributed by atoms with Crippen molar-refractivity contribution >= 4 is 41.6 Å². The maximum atomic E-state index is 11.5. The fourth-order valence-electron chi connectivity index (χ4n) is 2.11. The summed E-state index contributed by atoms with van der Waals surface area (Å²) in [5.41, 5.74) is 4.42. The maximum absolute atomic E-state index is 11.5. The largest absolute Gasteiger partial charge is 2.00 e. The summed E-state index contributed by atoms with van der Waals surface area (Å²) in [7, 11) is 0. The minimum Gasteiger partial charge on any atom is 2.00 e. The van der Waals surface area contributed by atoms with Crippen molar-refractivity contribution in [3.63, 3.8) is 0 Å². The zero-order chi connectivity index (χ0) is 17.2. The van der Waals surface area contributed by atoms with Gasteiger partial charge in [-0.2, -0.15) is 0 Å². The van der Waals surface area contributed by atoms with Crippen molar-refractivity contribution in [2.45, 2.75) is 78.1 Å². The van der Waals surface area contributed by atoms with Crippen LogP contribution in [0.1, 0.15) is 78.1 Å². The zero-order valence-electron chi connectivity index (χ0n) is 14.8. The van der Waals surface area contributed by atoms with E-state index in [9.17, 15) is 4.79 Å². The van der Waals surface area contributed by atoms with Crippen LogP contribution >= 0.6 is 0 Å². The van der Waals surface area contributed by atoms with Gasteiger partial charge < -0.3 is 0 Å². The van der Waals surface area contributed by atoms with E-state index in [0.29, 0.717) is 0 Å². The van der Waals surface area contributed by atoms with Crippen molar-refractivity contribution in [3.05, 3.63) is 0 Å². The number of hydrogen-bond donors (Lipinski definition) is 1. The first-order valence-electron chi connectivity index (χ1n) is 8.38. The van der Waals surface area contributed by atoms with Gasteiger partial charge in [-0.25, -0.2) is 0 Å². The van der Waals surface area contributed by atoms with Crippen molar-refractivity contribution in [2.24, 2.45) is 5.73 Å². The molecule has 0 heterocycles. The van der Waals surface area contributed by atoms with Crippen LogP contribution in [0, 0.1) is 0 Å². The molecule has 0 aromatic heterocycles. The summed E-state index contributed by atoms with van der Waals surface area (Å²) in [6, 6.07) is 0. The van der Waals surface area contributed by atoms with E-state index in [1.165, 1.54) is 51.4 Å². The Hall–Kier alpha value is 0.602. The van der Waals surface area contributed by atoms with Crippen LogP contribution < -0.4 is 5.73 Å². The fraction of sp³-hybridized carbons (Fsp3) is 0.875. The Labute approximate surface area is 171 Å². The second-order valence-electron chi connectivity index (χ2n) is 5.40. The predicted molar refractivity (Wildman–Crippen MR) is 95.6 cm³/mol. The number of amides is 2. The molecule has 132 valence electrons. The minimum absolute atomic E-state index is 0. The molecule has 0 unspecified atom stereocenters. The number of rotatable bonds is 12. The molecule has 0 saturated carbocycles. The number of nitrogens with two attached hydrogens (primary N) is 1. The normalized spacial score (nSPS) is 9.30. The molecular formula is C16H32N2O2Se2Zn. The van der Waals surface area contributed by atoms with Crippen LogP contribution in [0.25, 0.3) is 0 Å². The maximum Gasteiger partial charge on any atom is 2.00 e. The number of nitrogens with zero attached hydrogens (tertiary/aromatic N) is 1. The van der Waals surface area contributed by atoms with Gasteiger partial charge in [0, 0.05) is 0 Å². The molecule has 23 heavy (non-hydrogen) atoms. The Morgan fingerprint density at radius 1 is 0.783 bits per heavy atom. The summed E-state index contributed by atoms with van der Waals surface area (Å²) < 4.78 is 0. The summed E-state index contributed by atoms with van der Waals surface area (Å²) in [5.74, 6) is 0. The van der Waals surface area contributed by atoms with Crippen molar-refractivity contribution in [2.75, 3.05) is 13.1 Å². The Morgan fingerprint density at radius 2 is 1.09 bits per heavy atom. The molecule has 0 aromatic carbocycles. The van der Waals surface area contributed by atoms with Crippen LogP contribution in [-0.2, 0) is 19.5 Å². The van der Waals surface area contributed by atoms with Gasteiger partial charge in [0.05, 0.1) is 0 Å². The molecule has 0 aliphatic rings. The Bertz CT molecular complexity index is 265. The molecule has 0 aliphatic heterocycles. The molecule has 0 atom stereocenters. The van der Waals surface area contributed by atoms with E-state index in [1.54, 1.807) is 0 Å². The second kappa shape index (κ2) is 22.6. The Balaban J connectivity index is -0.000000712. The van der Waals surface area contributed by atoms with Gasteiger partial charge in [-0.1, -0.05) is 0 Å². The molecule has 0 rings (SSSR count). The van der Waals surface area contributed by atoms with E-state index in [4.69, 9.17) is 4.79 Å². The molecule has 0 aromatic rings. The molecule has 4 nitrogen and oxygen atoms in total. The Morgan fingerprint density at radius 3 is 1.35 bits per heavy atom. The molecule has 2 N–H and O–H groups in total. The van der Waals surface area contributed by atoms with E-state index in [2.05, 4.69) is 35.6 Å². The molecule has 0 radical (unpaired) electrons. The first kappa shape index (κ1) is 28.4. The summed E-state index contributed by atoms with van der Waals surface area (Å²) in [4.78, 5) is 22.3. The van der Waals surface area contributed by atoms with Crippen LogP contribution in [0.5, 0.6) is 0 Å². The van der Waals surface area contributed by atoms with E-state index in [0.717, 1.165) is 25.9 Å². The summed E-state index contributed by atoms with van der Waals surface area (Å²) in [6.07, 6.45) is 12.6. The SMILES string of the molecule is CCCCCCCN(CCCCCCC)C(=O)[Se-].NC(=O)[Se-].[Zn+2]. The van der Waals surface area contributed by atoms with Crippen LogP contribution in [0.2, 0.25) is 0 Å². The van der Waals surface area contributed by atoms with Crippen LogP contribution in [0.4, 0.5) is 9.59 Å². The van der Waals surface area contributed by atoms with Gasteiger partial charge in [0.1, 0.15) is 0 Å². The monoisotopic (exact) mass is 508 g/mol. The summed E-state index contributed by atoms with van der Waals surface area (Å²) in [6.45, 7) is 6.33. The quantitative estimate of drug-likeness (QED) is 0.323. The zero-order valence-corrected chi connectivity index (χ0v) is 21.2. The molecule has 0 saturated heterocycles. The van der Waals surface area contributed by atoms with Crippen molar-refractivity contribution in [1.82, 2.24) is 4.90 Å². The number of hydrogen-bond acceptors (Lipinski definition) is 2. The second-order valence-corrected chi connectivity index (χ2v) is 6.98. The first-order valence-corrected chi connectivity index (χ1v) is 10.1. The van der Waals surface area contributed by atoms with E-state index >= 15 is 0 Å². The third-order valence-electron chi connectivity index (χ3n) is 3.32. The van der Waals surface area contributed by atoms with Gasteiger partial charge in [-0.3, -0.25) is 0 Å². The number of carbonyl (C=O) groups is 2. The molecule has 2 amide bonds. The Kier molecular flexibility index (Phi) is 27.9. The molecule has 7 heteroatoms. The van der Waals surface area contributed by atoms with E-state index in [1.807, 2.05) is 20.9 Å². The fourth-order valence-corrected chi connectivity index (χ4v) is 2.49. The van der Waals surface area contributed by atoms with Gasteiger partial charge in [0.15, 0.2) is 0 Å². The minimum atomic E-state index is -0.458. The third-order valence-corrected chi connectivity index (χ3v) is 3.86. The summed E-state index contributed by atoms with van der Waals surface area (Å²) >= 11 is 4.67. The molecular weight excluding hydrogens is 475 g/mol. The third kappa shape index (κ3) is 27.7. The smallest absolute Gasteiger partial charge is 2.00 e. The summed E-state index contributed by atoms with van der Waals surface area (Å²) in [5, 5.41) is 0. The molecule has 0 fully saturated rings. The van der Waals surface area contributed by atoms with E-state index < -0.39 is 4.81 Å². The van der Waals surface area contributed by atoms with Crippen LogP contribution in [0.3, 0.4) is 0 Å². The predicted octanol–water partition coefficient (Wildman–Crippen LogP) is 3.75. The topological polar surface area (TPSA) is 63.4 Å². The van der Waals surface area contributed by atoms with Crippen molar-refractivity contribution < 1.29 is 29.1 Å².